The van der Waals surface area contributed by atoms with Gasteiger partial charge in [0.25, 0.3) is 0 Å². The van der Waals surface area contributed by atoms with Crippen molar-refractivity contribution in [2.24, 2.45) is 4.99 Å². The molecule has 1 aromatic rings. The summed E-state index contributed by atoms with van der Waals surface area (Å²) >= 11 is 0. The summed E-state index contributed by atoms with van der Waals surface area (Å²) < 4.78 is 10.6. The number of ether oxygens (including phenoxy) is 2. The van der Waals surface area contributed by atoms with E-state index in [1.807, 2.05) is 19.1 Å². The number of nitrogens with zero attached hydrogens (tertiary/aromatic N) is 2. The minimum Gasteiger partial charge on any atom is -0.493 e. The van der Waals surface area contributed by atoms with Crippen molar-refractivity contribution in [3.8, 4) is 11.5 Å². The molecule has 0 spiro atoms. The van der Waals surface area contributed by atoms with Crippen molar-refractivity contribution in [1.29, 1.82) is 0 Å². The fraction of sp³-hybridized carbons (Fsp3) is 0.571. The standard InChI is InChI=1S/C21H34N4O3.HI/c1-5-11-25-12-9-17(10-13-25)24-21(22-6-2)23-15-18(26)16-7-8-19(27-3)20(14-16)28-4;/h5,7-8,14,17-18,26H,1,6,9-13,15H2,2-4H3,(H2,22,23,24);1H. The molecule has 8 heteroatoms. The first kappa shape index (κ1) is 25.5. The number of likely N-dealkylation sites (tertiary alicyclic amines) is 1. The smallest absolute Gasteiger partial charge is 0.191 e. The summed E-state index contributed by atoms with van der Waals surface area (Å²) in [6, 6.07) is 5.80. The molecule has 29 heavy (non-hydrogen) atoms. The van der Waals surface area contributed by atoms with Crippen LogP contribution in [0.4, 0.5) is 0 Å². The number of aliphatic hydroxyl groups excluding tert-OH is 1. The van der Waals surface area contributed by atoms with Crippen LogP contribution in [-0.2, 0) is 0 Å². The van der Waals surface area contributed by atoms with E-state index >= 15 is 0 Å². The average Bonchev–Trinajstić information content (AvgIpc) is 2.73. The molecule has 1 saturated heterocycles. The van der Waals surface area contributed by atoms with Crippen molar-refractivity contribution in [3.63, 3.8) is 0 Å². The fourth-order valence-corrected chi connectivity index (χ4v) is 3.30. The zero-order valence-electron chi connectivity index (χ0n) is 17.7. The summed E-state index contributed by atoms with van der Waals surface area (Å²) in [4.78, 5) is 6.98. The van der Waals surface area contributed by atoms with Crippen LogP contribution < -0.4 is 20.1 Å². The average molecular weight is 518 g/mol. The van der Waals surface area contributed by atoms with Crippen LogP contribution in [0.2, 0.25) is 0 Å². The highest BCUT2D eigenvalue weighted by molar-refractivity contribution is 14.0. The lowest BCUT2D eigenvalue weighted by atomic mass is 10.1. The zero-order valence-corrected chi connectivity index (χ0v) is 20.0. The Kier molecular flexibility index (Phi) is 12.0. The van der Waals surface area contributed by atoms with Gasteiger partial charge < -0.3 is 25.2 Å². The third-order valence-electron chi connectivity index (χ3n) is 4.87. The minimum atomic E-state index is -0.718. The van der Waals surface area contributed by atoms with Crippen LogP contribution in [0.1, 0.15) is 31.4 Å². The van der Waals surface area contributed by atoms with E-state index in [2.05, 4.69) is 27.1 Å². The topological polar surface area (TPSA) is 78.4 Å². The van der Waals surface area contributed by atoms with E-state index in [0.29, 0.717) is 17.5 Å². The highest BCUT2D eigenvalue weighted by atomic mass is 127. The maximum absolute atomic E-state index is 10.5. The molecule has 1 aromatic carbocycles. The maximum atomic E-state index is 10.5. The molecule has 0 bridgehead atoms. The van der Waals surface area contributed by atoms with Crippen LogP contribution in [0.15, 0.2) is 35.8 Å². The summed E-state index contributed by atoms with van der Waals surface area (Å²) in [5.74, 6) is 1.98. The molecule has 1 fully saturated rings. The van der Waals surface area contributed by atoms with Crippen molar-refractivity contribution in [3.05, 3.63) is 36.4 Å². The Bertz CT molecular complexity index is 649. The van der Waals surface area contributed by atoms with Crippen LogP contribution in [0.3, 0.4) is 0 Å². The molecular formula is C21H35IN4O3. The Morgan fingerprint density at radius 1 is 1.31 bits per heavy atom. The Morgan fingerprint density at radius 2 is 2.00 bits per heavy atom. The summed E-state index contributed by atoms with van der Waals surface area (Å²) in [5, 5.41) is 17.3. The lowest BCUT2D eigenvalue weighted by Crippen LogP contribution is -2.48. The Labute approximate surface area is 191 Å². The van der Waals surface area contributed by atoms with Crippen LogP contribution in [0.5, 0.6) is 11.5 Å². The Morgan fingerprint density at radius 3 is 2.59 bits per heavy atom. The van der Waals surface area contributed by atoms with E-state index in [1.54, 1.807) is 26.4 Å². The molecule has 1 aliphatic heterocycles. The highest BCUT2D eigenvalue weighted by Gasteiger charge is 2.19. The summed E-state index contributed by atoms with van der Waals surface area (Å²) in [7, 11) is 3.17. The van der Waals surface area contributed by atoms with Crippen LogP contribution in [-0.4, -0.2) is 69.0 Å². The normalized spacial score (nSPS) is 16.5. The van der Waals surface area contributed by atoms with Crippen LogP contribution >= 0.6 is 24.0 Å². The first-order valence-corrected chi connectivity index (χ1v) is 9.89. The summed E-state index contributed by atoms with van der Waals surface area (Å²) in [6.45, 7) is 9.93. The molecule has 164 valence electrons. The lowest BCUT2D eigenvalue weighted by Gasteiger charge is -2.32. The molecule has 7 nitrogen and oxygen atoms in total. The monoisotopic (exact) mass is 518 g/mol. The second kappa shape index (κ2) is 13.7. The summed E-state index contributed by atoms with van der Waals surface area (Å²) in [5.41, 5.74) is 0.745. The largest absolute Gasteiger partial charge is 0.493 e. The van der Waals surface area contributed by atoms with Crippen molar-refractivity contribution in [2.75, 3.05) is 46.9 Å². The second-order valence-electron chi connectivity index (χ2n) is 6.86. The van der Waals surface area contributed by atoms with Gasteiger partial charge in [-0.3, -0.25) is 9.89 Å². The van der Waals surface area contributed by atoms with Gasteiger partial charge in [-0.15, -0.1) is 30.6 Å². The predicted octanol–water partition coefficient (Wildman–Crippen LogP) is 2.56. The van der Waals surface area contributed by atoms with Gasteiger partial charge in [-0.2, -0.15) is 0 Å². The van der Waals surface area contributed by atoms with E-state index in [9.17, 15) is 5.11 Å². The third-order valence-corrected chi connectivity index (χ3v) is 4.87. The number of aliphatic imine (C=N–C) groups is 1. The molecule has 1 aliphatic rings. The number of hydrogen-bond donors (Lipinski definition) is 3. The number of nitrogens with one attached hydrogen (secondary N) is 2. The lowest BCUT2D eigenvalue weighted by molar-refractivity contribution is 0.186. The molecule has 3 N–H and O–H groups in total. The van der Waals surface area contributed by atoms with Gasteiger partial charge in [0.2, 0.25) is 0 Å². The van der Waals surface area contributed by atoms with Gasteiger partial charge in [-0.05, 0) is 37.5 Å². The van der Waals surface area contributed by atoms with E-state index in [1.165, 1.54) is 0 Å². The first-order valence-electron chi connectivity index (χ1n) is 9.89. The third kappa shape index (κ3) is 8.02. The van der Waals surface area contributed by atoms with E-state index < -0.39 is 6.10 Å². The highest BCUT2D eigenvalue weighted by Crippen LogP contribution is 2.30. The SMILES string of the molecule is C=CCN1CCC(NC(=NCC(O)c2ccc(OC)c(OC)c2)NCC)CC1.I. The van der Waals surface area contributed by atoms with Gasteiger partial charge in [0.1, 0.15) is 0 Å². The first-order chi connectivity index (χ1) is 13.6. The molecule has 0 saturated carbocycles. The zero-order chi connectivity index (χ0) is 20.4. The fourth-order valence-electron chi connectivity index (χ4n) is 3.30. The number of guanidine groups is 1. The number of aliphatic hydroxyl groups is 1. The van der Waals surface area contributed by atoms with Gasteiger partial charge >= 0.3 is 0 Å². The second-order valence-corrected chi connectivity index (χ2v) is 6.86. The van der Waals surface area contributed by atoms with Crippen LogP contribution in [0, 0.1) is 0 Å². The number of methoxy groups -OCH3 is 2. The van der Waals surface area contributed by atoms with Gasteiger partial charge in [-0.1, -0.05) is 12.1 Å². The van der Waals surface area contributed by atoms with Crippen molar-refractivity contribution >= 4 is 29.9 Å². The van der Waals surface area contributed by atoms with E-state index in [-0.39, 0.29) is 30.5 Å². The van der Waals surface area contributed by atoms with Crippen molar-refractivity contribution in [1.82, 2.24) is 15.5 Å². The molecule has 1 unspecified atom stereocenters. The van der Waals surface area contributed by atoms with Crippen molar-refractivity contribution < 1.29 is 14.6 Å². The Balaban J connectivity index is 0.00000420. The minimum absolute atomic E-state index is 0. The van der Waals surface area contributed by atoms with Gasteiger partial charge in [0, 0.05) is 32.2 Å². The number of piperidine rings is 1. The van der Waals surface area contributed by atoms with Gasteiger partial charge in [-0.25, -0.2) is 0 Å². The molecule has 0 radical (unpaired) electrons. The van der Waals surface area contributed by atoms with Crippen molar-refractivity contribution in [2.45, 2.75) is 31.9 Å². The van der Waals surface area contributed by atoms with E-state index in [0.717, 1.165) is 50.5 Å². The number of halogens is 1. The number of benzene rings is 1. The molecule has 0 amide bonds. The summed E-state index contributed by atoms with van der Waals surface area (Å²) in [6.07, 6.45) is 3.37. The van der Waals surface area contributed by atoms with Gasteiger partial charge in [0.05, 0.1) is 26.9 Å². The van der Waals surface area contributed by atoms with E-state index in [4.69, 9.17) is 9.47 Å². The number of hydrogen-bond acceptors (Lipinski definition) is 5. The molecular weight excluding hydrogens is 483 g/mol. The molecule has 1 heterocycles. The quantitative estimate of drug-likeness (QED) is 0.202. The number of rotatable bonds is 9. The molecule has 0 aliphatic carbocycles. The molecule has 2 rings (SSSR count). The van der Waals surface area contributed by atoms with Gasteiger partial charge in [0.15, 0.2) is 17.5 Å². The maximum Gasteiger partial charge on any atom is 0.191 e. The predicted molar refractivity (Wildman–Crippen MR) is 129 cm³/mol. The Hall–Kier alpha value is -1.52. The molecule has 1 atom stereocenters. The molecule has 0 aromatic heterocycles. The van der Waals surface area contributed by atoms with Crippen LogP contribution in [0.25, 0.3) is 0 Å².